The number of rotatable bonds is 8. The summed E-state index contributed by atoms with van der Waals surface area (Å²) in [5.74, 6) is 0.540. The van der Waals surface area contributed by atoms with Crippen LogP contribution in [0.25, 0.3) is 0 Å². The Hall–Kier alpha value is -3.06. The van der Waals surface area contributed by atoms with Crippen LogP contribution in [0.2, 0.25) is 0 Å². The number of nitrogens with zero attached hydrogens (tertiary/aromatic N) is 2. The van der Waals surface area contributed by atoms with Crippen LogP contribution in [0, 0.1) is 6.92 Å². The van der Waals surface area contributed by atoms with Crippen molar-refractivity contribution < 1.29 is 23.8 Å². The Morgan fingerprint density at radius 2 is 1.65 bits per heavy atom. The second-order valence-electron chi connectivity index (χ2n) is 7.67. The van der Waals surface area contributed by atoms with E-state index >= 15 is 0 Å². The minimum absolute atomic E-state index is 0.0674. The molecule has 1 aliphatic rings. The van der Waals surface area contributed by atoms with E-state index in [1.165, 1.54) is 11.1 Å². The highest BCUT2D eigenvalue weighted by Crippen LogP contribution is 2.27. The van der Waals surface area contributed by atoms with Crippen molar-refractivity contribution in [2.45, 2.75) is 19.9 Å². The second kappa shape index (κ2) is 10.8. The van der Waals surface area contributed by atoms with Gasteiger partial charge in [-0.15, -0.1) is 0 Å². The van der Waals surface area contributed by atoms with Crippen LogP contribution in [0.4, 0.5) is 0 Å². The van der Waals surface area contributed by atoms with Gasteiger partial charge in [-0.25, -0.2) is 0 Å². The molecule has 0 unspecified atom stereocenters. The first-order chi connectivity index (χ1) is 15.0. The molecule has 0 N–H and O–H groups in total. The summed E-state index contributed by atoms with van der Waals surface area (Å²) < 4.78 is 15.7. The number of hydrogen-bond donors (Lipinski definition) is 0. The van der Waals surface area contributed by atoms with Crippen LogP contribution in [0.1, 0.15) is 16.7 Å². The van der Waals surface area contributed by atoms with E-state index < -0.39 is 5.97 Å². The number of benzene rings is 2. The molecule has 1 amide bonds. The van der Waals surface area contributed by atoms with Crippen molar-refractivity contribution in [3.63, 3.8) is 0 Å². The molecule has 3 rings (SSSR count). The summed E-state index contributed by atoms with van der Waals surface area (Å²) in [4.78, 5) is 28.7. The molecule has 0 aromatic heterocycles. The fourth-order valence-electron chi connectivity index (χ4n) is 3.67. The van der Waals surface area contributed by atoms with E-state index in [-0.39, 0.29) is 18.9 Å². The highest BCUT2D eigenvalue weighted by Gasteiger charge is 2.22. The topological polar surface area (TPSA) is 68.3 Å². The molecule has 0 spiro atoms. The minimum atomic E-state index is -0.446. The summed E-state index contributed by atoms with van der Waals surface area (Å²) in [6.45, 7) is 5.62. The molecule has 7 heteroatoms. The van der Waals surface area contributed by atoms with E-state index in [1.54, 1.807) is 37.3 Å². The first kappa shape index (κ1) is 22.6. The third-order valence-corrected chi connectivity index (χ3v) is 5.37. The Kier molecular flexibility index (Phi) is 7.89. The van der Waals surface area contributed by atoms with Gasteiger partial charge in [0.05, 0.1) is 20.6 Å². The van der Waals surface area contributed by atoms with Crippen molar-refractivity contribution in [2.24, 2.45) is 0 Å². The van der Waals surface area contributed by atoms with Gasteiger partial charge in [0.2, 0.25) is 0 Å². The van der Waals surface area contributed by atoms with Crippen LogP contribution >= 0.6 is 0 Å². The molecule has 2 aromatic carbocycles. The highest BCUT2D eigenvalue weighted by atomic mass is 16.5. The zero-order valence-corrected chi connectivity index (χ0v) is 18.4. The van der Waals surface area contributed by atoms with Gasteiger partial charge in [0.1, 0.15) is 0 Å². The Labute approximate surface area is 183 Å². The predicted molar refractivity (Wildman–Crippen MR) is 117 cm³/mol. The molecule has 31 heavy (non-hydrogen) atoms. The van der Waals surface area contributed by atoms with Crippen LogP contribution in [0.5, 0.6) is 11.5 Å². The lowest BCUT2D eigenvalue weighted by Crippen LogP contribution is -2.49. The van der Waals surface area contributed by atoms with Gasteiger partial charge in [0.15, 0.2) is 18.1 Å². The van der Waals surface area contributed by atoms with Crippen LogP contribution in [0.15, 0.2) is 42.5 Å². The van der Waals surface area contributed by atoms with Crippen molar-refractivity contribution in [1.29, 1.82) is 0 Å². The van der Waals surface area contributed by atoms with Crippen molar-refractivity contribution >= 4 is 11.9 Å². The SMILES string of the molecule is COc1ccc(CC(=O)OCC(=O)N2CCN(Cc3cccc(C)c3)CC2)cc1OC. The van der Waals surface area contributed by atoms with Crippen molar-refractivity contribution in [3.8, 4) is 11.5 Å². The van der Waals surface area contributed by atoms with Gasteiger partial charge in [-0.2, -0.15) is 0 Å². The number of carbonyl (C=O) groups is 2. The molecule has 0 radical (unpaired) electrons. The number of methoxy groups -OCH3 is 2. The highest BCUT2D eigenvalue weighted by molar-refractivity contribution is 5.81. The summed E-state index contributed by atoms with van der Waals surface area (Å²) in [6, 6.07) is 13.7. The monoisotopic (exact) mass is 426 g/mol. The Balaban J connectivity index is 1.41. The van der Waals surface area contributed by atoms with Gasteiger partial charge in [0.25, 0.3) is 5.91 Å². The molecular formula is C24H30N2O5. The lowest BCUT2D eigenvalue weighted by Gasteiger charge is -2.34. The van der Waals surface area contributed by atoms with Gasteiger partial charge < -0.3 is 19.1 Å². The first-order valence-electron chi connectivity index (χ1n) is 10.4. The molecule has 166 valence electrons. The van der Waals surface area contributed by atoms with Crippen LogP contribution in [0.3, 0.4) is 0 Å². The second-order valence-corrected chi connectivity index (χ2v) is 7.67. The van der Waals surface area contributed by atoms with Gasteiger partial charge in [-0.05, 0) is 30.2 Å². The number of aryl methyl sites for hydroxylation is 1. The molecule has 1 fully saturated rings. The fraction of sp³-hybridized carbons (Fsp3) is 0.417. The summed E-state index contributed by atoms with van der Waals surface area (Å²) in [6.07, 6.45) is 0.0674. The molecule has 1 heterocycles. The van der Waals surface area contributed by atoms with Gasteiger partial charge in [-0.1, -0.05) is 35.9 Å². The average molecular weight is 427 g/mol. The standard InChI is InChI=1S/C24H30N2O5/c1-18-5-4-6-20(13-18)16-25-9-11-26(12-10-25)23(27)17-31-24(28)15-19-7-8-21(29-2)22(14-19)30-3/h4-8,13-14H,9-12,15-17H2,1-3H3. The minimum Gasteiger partial charge on any atom is -0.493 e. The summed E-state index contributed by atoms with van der Waals surface area (Å²) in [5.41, 5.74) is 3.27. The molecule has 1 saturated heterocycles. The van der Waals surface area contributed by atoms with Crippen molar-refractivity contribution in [1.82, 2.24) is 9.80 Å². The fourth-order valence-corrected chi connectivity index (χ4v) is 3.67. The molecule has 2 aromatic rings. The summed E-state index contributed by atoms with van der Waals surface area (Å²) >= 11 is 0. The molecule has 0 atom stereocenters. The Bertz CT molecular complexity index is 907. The molecule has 0 bridgehead atoms. The lowest BCUT2D eigenvalue weighted by atomic mass is 10.1. The van der Waals surface area contributed by atoms with Crippen LogP contribution in [-0.2, 0) is 27.3 Å². The number of carbonyl (C=O) groups excluding carboxylic acids is 2. The maximum Gasteiger partial charge on any atom is 0.310 e. The third kappa shape index (κ3) is 6.46. The Morgan fingerprint density at radius 3 is 2.32 bits per heavy atom. The van der Waals surface area contributed by atoms with E-state index in [2.05, 4.69) is 36.1 Å². The van der Waals surface area contributed by atoms with Crippen molar-refractivity contribution in [2.75, 3.05) is 47.0 Å². The maximum absolute atomic E-state index is 12.4. The largest absolute Gasteiger partial charge is 0.493 e. The molecular weight excluding hydrogens is 396 g/mol. The zero-order chi connectivity index (χ0) is 22.2. The normalized spacial score (nSPS) is 14.2. The van der Waals surface area contributed by atoms with Crippen molar-refractivity contribution in [3.05, 3.63) is 59.2 Å². The average Bonchev–Trinajstić information content (AvgIpc) is 2.78. The van der Waals surface area contributed by atoms with E-state index in [0.29, 0.717) is 24.6 Å². The predicted octanol–water partition coefficient (Wildman–Crippen LogP) is 2.44. The number of esters is 1. The first-order valence-corrected chi connectivity index (χ1v) is 10.4. The summed E-state index contributed by atoms with van der Waals surface area (Å²) in [5, 5.41) is 0. The third-order valence-electron chi connectivity index (χ3n) is 5.37. The van der Waals surface area contributed by atoms with Gasteiger partial charge >= 0.3 is 5.97 Å². The van der Waals surface area contributed by atoms with E-state index in [0.717, 1.165) is 25.2 Å². The summed E-state index contributed by atoms with van der Waals surface area (Å²) in [7, 11) is 3.10. The number of ether oxygens (including phenoxy) is 3. The van der Waals surface area contributed by atoms with Crippen LogP contribution < -0.4 is 9.47 Å². The number of amides is 1. The van der Waals surface area contributed by atoms with Gasteiger partial charge in [-0.3, -0.25) is 14.5 Å². The van der Waals surface area contributed by atoms with E-state index in [4.69, 9.17) is 14.2 Å². The van der Waals surface area contributed by atoms with Gasteiger partial charge in [0, 0.05) is 32.7 Å². The smallest absolute Gasteiger partial charge is 0.310 e. The molecule has 0 saturated carbocycles. The van der Waals surface area contributed by atoms with E-state index in [1.807, 2.05) is 0 Å². The van der Waals surface area contributed by atoms with Crippen LogP contribution in [-0.4, -0.2) is 68.7 Å². The molecule has 1 aliphatic heterocycles. The Morgan fingerprint density at radius 1 is 0.903 bits per heavy atom. The number of hydrogen-bond acceptors (Lipinski definition) is 6. The quantitative estimate of drug-likeness (QED) is 0.604. The zero-order valence-electron chi connectivity index (χ0n) is 18.4. The molecule has 0 aliphatic carbocycles. The lowest BCUT2D eigenvalue weighted by molar-refractivity contribution is -0.152. The van der Waals surface area contributed by atoms with E-state index in [9.17, 15) is 9.59 Å². The number of piperazine rings is 1. The molecule has 7 nitrogen and oxygen atoms in total. The maximum atomic E-state index is 12.4.